The lowest BCUT2D eigenvalue weighted by Crippen LogP contribution is -2.51. The Hall–Kier alpha value is -2.67. The molecule has 0 atom stereocenters. The molecule has 7 heteroatoms. The average molecular weight is 481 g/mol. The Morgan fingerprint density at radius 1 is 1.21 bits per heavy atom. The van der Waals surface area contributed by atoms with Gasteiger partial charge in [-0.05, 0) is 75.6 Å². The fourth-order valence-corrected chi connectivity index (χ4v) is 5.67. The minimum atomic E-state index is -0.232. The molecule has 1 aliphatic carbocycles. The first kappa shape index (κ1) is 24.5. The van der Waals surface area contributed by atoms with E-state index in [0.717, 1.165) is 49.0 Å². The Morgan fingerprint density at radius 3 is 2.56 bits per heavy atom. The summed E-state index contributed by atoms with van der Waals surface area (Å²) in [6.07, 6.45) is 6.12. The number of hydrogen-bond acceptors (Lipinski definition) is 4. The van der Waals surface area contributed by atoms with E-state index in [4.69, 9.17) is 4.98 Å². The molecule has 0 spiro atoms. The maximum absolute atomic E-state index is 12.9. The number of amides is 2. The second-order valence-electron chi connectivity index (χ2n) is 9.49. The van der Waals surface area contributed by atoms with Crippen LogP contribution in [0.25, 0.3) is 11.0 Å². The molecule has 0 unspecified atom stereocenters. The maximum Gasteiger partial charge on any atom is 0.251 e. The van der Waals surface area contributed by atoms with Gasteiger partial charge in [-0.2, -0.15) is 0 Å². The second-order valence-corrected chi connectivity index (χ2v) is 10.5. The molecular formula is C27H36N4O2S. The lowest BCUT2D eigenvalue weighted by molar-refractivity contribution is -0.136. The highest BCUT2D eigenvalue weighted by Gasteiger charge is 2.30. The zero-order valence-electron chi connectivity index (χ0n) is 20.7. The Balaban J connectivity index is 1.54. The number of carbonyl (C=O) groups is 2. The summed E-state index contributed by atoms with van der Waals surface area (Å²) in [5, 5.41) is 4.93. The van der Waals surface area contributed by atoms with Crippen LogP contribution in [0.1, 0.15) is 86.9 Å². The molecule has 34 heavy (non-hydrogen) atoms. The first-order valence-corrected chi connectivity index (χ1v) is 13.4. The van der Waals surface area contributed by atoms with Crippen molar-refractivity contribution in [3.63, 3.8) is 0 Å². The van der Waals surface area contributed by atoms with Crippen molar-refractivity contribution in [3.05, 3.63) is 52.0 Å². The van der Waals surface area contributed by atoms with E-state index >= 15 is 0 Å². The maximum atomic E-state index is 12.9. The Bertz CT molecular complexity index is 1130. The van der Waals surface area contributed by atoms with E-state index in [-0.39, 0.29) is 24.4 Å². The number of nitrogens with zero attached hydrogens (tertiary/aromatic N) is 3. The van der Waals surface area contributed by atoms with Gasteiger partial charge in [-0.25, -0.2) is 4.98 Å². The first-order chi connectivity index (χ1) is 16.4. The SMILES string of the molecule is CCC(CC)n1c(Cc2cccs2)nc2cc(C(=O)NCC(=O)N(C(C)C)C3CCC3)ccc21. The highest BCUT2D eigenvalue weighted by molar-refractivity contribution is 7.09. The van der Waals surface area contributed by atoms with Crippen LogP contribution in [-0.2, 0) is 11.2 Å². The standard InChI is InChI=1S/C27H36N4O2S/c1-5-20(6-2)31-24-13-12-19(15-23(24)29-25(31)16-22-11-8-14-34-22)27(33)28-17-26(32)30(18(3)4)21-9-7-10-21/h8,11-15,18,20-21H,5-7,9-10,16-17H2,1-4H3,(H,28,33). The number of thiophene rings is 1. The third-order valence-electron chi connectivity index (χ3n) is 6.96. The summed E-state index contributed by atoms with van der Waals surface area (Å²) in [7, 11) is 0. The van der Waals surface area contributed by atoms with Crippen molar-refractivity contribution in [2.45, 2.75) is 84.3 Å². The number of benzene rings is 1. The molecule has 2 aromatic heterocycles. The van der Waals surface area contributed by atoms with E-state index in [9.17, 15) is 9.59 Å². The summed E-state index contributed by atoms with van der Waals surface area (Å²) in [6, 6.07) is 10.7. The van der Waals surface area contributed by atoms with E-state index in [1.54, 1.807) is 11.3 Å². The monoisotopic (exact) mass is 480 g/mol. The minimum Gasteiger partial charge on any atom is -0.343 e. The summed E-state index contributed by atoms with van der Waals surface area (Å²) in [4.78, 5) is 33.9. The molecule has 4 rings (SSSR count). The number of nitrogens with one attached hydrogen (secondary N) is 1. The minimum absolute atomic E-state index is 0.00891. The van der Waals surface area contributed by atoms with Crippen LogP contribution in [0, 0.1) is 0 Å². The van der Waals surface area contributed by atoms with E-state index < -0.39 is 0 Å². The molecule has 1 fully saturated rings. The van der Waals surface area contributed by atoms with Crippen molar-refractivity contribution in [2.24, 2.45) is 0 Å². The molecule has 1 N–H and O–H groups in total. The molecule has 3 aromatic rings. The summed E-state index contributed by atoms with van der Waals surface area (Å²) >= 11 is 1.74. The van der Waals surface area contributed by atoms with Gasteiger partial charge >= 0.3 is 0 Å². The molecule has 0 bridgehead atoms. The number of fused-ring (bicyclic) bond motifs is 1. The van der Waals surface area contributed by atoms with Crippen LogP contribution in [0.4, 0.5) is 0 Å². The Kier molecular flexibility index (Phi) is 7.71. The largest absolute Gasteiger partial charge is 0.343 e. The number of aromatic nitrogens is 2. The van der Waals surface area contributed by atoms with E-state index in [2.05, 4.69) is 41.2 Å². The Morgan fingerprint density at radius 2 is 1.97 bits per heavy atom. The fourth-order valence-electron chi connectivity index (χ4n) is 4.97. The predicted octanol–water partition coefficient (Wildman–Crippen LogP) is 5.57. The molecule has 1 aromatic carbocycles. The molecule has 0 aliphatic heterocycles. The topological polar surface area (TPSA) is 67.2 Å². The molecule has 0 saturated heterocycles. The van der Waals surface area contributed by atoms with Gasteiger partial charge in [-0.15, -0.1) is 11.3 Å². The van der Waals surface area contributed by atoms with Crippen molar-refractivity contribution in [2.75, 3.05) is 6.54 Å². The normalized spacial score (nSPS) is 14.1. The van der Waals surface area contributed by atoms with Crippen molar-refractivity contribution < 1.29 is 9.59 Å². The van der Waals surface area contributed by atoms with E-state index in [0.29, 0.717) is 17.6 Å². The quantitative estimate of drug-likeness (QED) is 0.413. The molecule has 2 heterocycles. The van der Waals surface area contributed by atoms with Crippen LogP contribution in [0.2, 0.25) is 0 Å². The van der Waals surface area contributed by atoms with Gasteiger partial charge in [0.05, 0.1) is 17.6 Å². The zero-order chi connectivity index (χ0) is 24.2. The van der Waals surface area contributed by atoms with Gasteiger partial charge in [0.25, 0.3) is 5.91 Å². The fraction of sp³-hybridized carbons (Fsp3) is 0.519. The van der Waals surface area contributed by atoms with Crippen LogP contribution in [0.3, 0.4) is 0 Å². The van der Waals surface area contributed by atoms with E-state index in [1.165, 1.54) is 11.3 Å². The van der Waals surface area contributed by atoms with Gasteiger partial charge in [-0.3, -0.25) is 9.59 Å². The highest BCUT2D eigenvalue weighted by Crippen LogP contribution is 2.29. The van der Waals surface area contributed by atoms with Crippen LogP contribution in [0.15, 0.2) is 35.7 Å². The molecular weight excluding hydrogens is 444 g/mol. The third kappa shape index (κ3) is 5.04. The van der Waals surface area contributed by atoms with Gasteiger partial charge in [0.1, 0.15) is 5.82 Å². The molecule has 2 amide bonds. The molecule has 182 valence electrons. The molecule has 1 saturated carbocycles. The second kappa shape index (κ2) is 10.7. The number of imidazole rings is 1. The molecule has 6 nitrogen and oxygen atoms in total. The van der Waals surface area contributed by atoms with Crippen LogP contribution in [0.5, 0.6) is 0 Å². The zero-order valence-corrected chi connectivity index (χ0v) is 21.5. The number of rotatable bonds is 10. The first-order valence-electron chi connectivity index (χ1n) is 12.6. The summed E-state index contributed by atoms with van der Waals surface area (Å²) in [5.41, 5.74) is 2.43. The average Bonchev–Trinajstić information content (AvgIpc) is 3.42. The highest BCUT2D eigenvalue weighted by atomic mass is 32.1. The summed E-state index contributed by atoms with van der Waals surface area (Å²) in [6.45, 7) is 8.51. The van der Waals surface area contributed by atoms with Gasteiger partial charge in [0, 0.05) is 35.0 Å². The van der Waals surface area contributed by atoms with Gasteiger partial charge in [0.15, 0.2) is 0 Å². The van der Waals surface area contributed by atoms with Crippen molar-refractivity contribution in [1.82, 2.24) is 19.8 Å². The third-order valence-corrected chi connectivity index (χ3v) is 7.83. The van der Waals surface area contributed by atoms with Crippen molar-refractivity contribution in [3.8, 4) is 0 Å². The lowest BCUT2D eigenvalue weighted by atomic mass is 9.90. The van der Waals surface area contributed by atoms with Crippen LogP contribution < -0.4 is 5.32 Å². The van der Waals surface area contributed by atoms with Crippen LogP contribution >= 0.6 is 11.3 Å². The smallest absolute Gasteiger partial charge is 0.251 e. The number of carbonyl (C=O) groups excluding carboxylic acids is 2. The lowest BCUT2D eigenvalue weighted by Gasteiger charge is -2.40. The van der Waals surface area contributed by atoms with E-state index in [1.807, 2.05) is 36.9 Å². The Labute approximate surface area is 206 Å². The molecule has 0 radical (unpaired) electrons. The predicted molar refractivity (Wildman–Crippen MR) is 138 cm³/mol. The number of hydrogen-bond donors (Lipinski definition) is 1. The summed E-state index contributed by atoms with van der Waals surface area (Å²) in [5.74, 6) is 0.793. The van der Waals surface area contributed by atoms with Crippen molar-refractivity contribution in [1.29, 1.82) is 0 Å². The van der Waals surface area contributed by atoms with Crippen LogP contribution in [-0.4, -0.2) is 44.9 Å². The molecule has 1 aliphatic rings. The van der Waals surface area contributed by atoms with Gasteiger partial charge in [-0.1, -0.05) is 19.9 Å². The van der Waals surface area contributed by atoms with Crippen molar-refractivity contribution >= 4 is 34.2 Å². The van der Waals surface area contributed by atoms with Gasteiger partial charge < -0.3 is 14.8 Å². The van der Waals surface area contributed by atoms with Gasteiger partial charge in [0.2, 0.25) is 5.91 Å². The summed E-state index contributed by atoms with van der Waals surface area (Å²) < 4.78 is 2.35.